The third kappa shape index (κ3) is 2.07. The molecule has 0 aliphatic carbocycles. The molecule has 0 radical (unpaired) electrons. The van der Waals surface area contributed by atoms with Crippen LogP contribution in [-0.2, 0) is 4.79 Å². The highest BCUT2D eigenvalue weighted by Crippen LogP contribution is 2.28. The van der Waals surface area contributed by atoms with Crippen LogP contribution in [0.15, 0.2) is 24.5 Å². The molecule has 16 heavy (non-hydrogen) atoms. The van der Waals surface area contributed by atoms with Crippen molar-refractivity contribution in [3.8, 4) is 0 Å². The topological polar surface area (TPSA) is 53.4 Å². The minimum Gasteiger partial charge on any atom is -0.480 e. The van der Waals surface area contributed by atoms with Crippen molar-refractivity contribution < 1.29 is 9.90 Å². The molecule has 86 valence electrons. The van der Waals surface area contributed by atoms with E-state index in [2.05, 4.69) is 4.98 Å². The molecule has 0 spiro atoms. The van der Waals surface area contributed by atoms with E-state index in [0.717, 1.165) is 24.9 Å². The molecule has 1 aromatic heterocycles. The Balaban J connectivity index is 2.15. The van der Waals surface area contributed by atoms with Gasteiger partial charge < -0.3 is 5.11 Å². The van der Waals surface area contributed by atoms with Crippen molar-refractivity contribution in [1.29, 1.82) is 0 Å². The van der Waals surface area contributed by atoms with Crippen LogP contribution in [0.4, 0.5) is 0 Å². The van der Waals surface area contributed by atoms with Crippen LogP contribution in [0.5, 0.6) is 0 Å². The Labute approximate surface area is 94.9 Å². The van der Waals surface area contributed by atoms with E-state index in [0.29, 0.717) is 0 Å². The van der Waals surface area contributed by atoms with Gasteiger partial charge in [0.05, 0.1) is 0 Å². The van der Waals surface area contributed by atoms with Gasteiger partial charge in [-0.2, -0.15) is 0 Å². The number of hydrogen-bond acceptors (Lipinski definition) is 3. The van der Waals surface area contributed by atoms with Gasteiger partial charge in [0.25, 0.3) is 0 Å². The Morgan fingerprint density at radius 3 is 3.12 bits per heavy atom. The zero-order chi connectivity index (χ0) is 11.5. The molecule has 1 unspecified atom stereocenters. The maximum atomic E-state index is 11.1. The van der Waals surface area contributed by atoms with Gasteiger partial charge in [-0.15, -0.1) is 0 Å². The Morgan fingerprint density at radius 1 is 1.69 bits per heavy atom. The molecule has 2 atom stereocenters. The van der Waals surface area contributed by atoms with E-state index in [1.54, 1.807) is 6.20 Å². The predicted octanol–water partition coefficient (Wildman–Crippen LogP) is 1.69. The molecule has 0 bridgehead atoms. The summed E-state index contributed by atoms with van der Waals surface area (Å²) in [6, 6.07) is 3.67. The first-order valence-electron chi connectivity index (χ1n) is 5.58. The minimum atomic E-state index is -0.715. The molecule has 0 saturated carbocycles. The molecular weight excluding hydrogens is 204 g/mol. The number of carboxylic acids is 1. The van der Waals surface area contributed by atoms with E-state index >= 15 is 0 Å². The van der Waals surface area contributed by atoms with Gasteiger partial charge in [-0.1, -0.05) is 6.07 Å². The fraction of sp³-hybridized carbons (Fsp3) is 0.500. The highest BCUT2D eigenvalue weighted by Gasteiger charge is 2.33. The summed E-state index contributed by atoms with van der Waals surface area (Å²) in [6.07, 6.45) is 5.25. The van der Waals surface area contributed by atoms with E-state index in [1.165, 1.54) is 0 Å². The first kappa shape index (κ1) is 11.1. The van der Waals surface area contributed by atoms with Crippen LogP contribution in [0.2, 0.25) is 0 Å². The highest BCUT2D eigenvalue weighted by atomic mass is 16.4. The second-order valence-corrected chi connectivity index (χ2v) is 4.20. The summed E-state index contributed by atoms with van der Waals surface area (Å²) in [6.45, 7) is 2.89. The predicted molar refractivity (Wildman–Crippen MR) is 60.0 cm³/mol. The fourth-order valence-corrected chi connectivity index (χ4v) is 2.33. The molecule has 1 saturated heterocycles. The van der Waals surface area contributed by atoms with Crippen molar-refractivity contribution in [2.75, 3.05) is 6.54 Å². The van der Waals surface area contributed by atoms with Crippen molar-refractivity contribution in [2.24, 2.45) is 0 Å². The van der Waals surface area contributed by atoms with Crippen molar-refractivity contribution in [3.05, 3.63) is 30.1 Å². The molecule has 2 heterocycles. The molecule has 1 N–H and O–H groups in total. The van der Waals surface area contributed by atoms with Crippen molar-refractivity contribution in [2.45, 2.75) is 31.8 Å². The van der Waals surface area contributed by atoms with Crippen LogP contribution in [-0.4, -0.2) is 33.5 Å². The number of nitrogens with zero attached hydrogens (tertiary/aromatic N) is 2. The molecule has 4 nitrogen and oxygen atoms in total. The van der Waals surface area contributed by atoms with Gasteiger partial charge in [0.15, 0.2) is 0 Å². The van der Waals surface area contributed by atoms with Crippen LogP contribution in [0.25, 0.3) is 0 Å². The third-order valence-electron chi connectivity index (χ3n) is 3.24. The summed E-state index contributed by atoms with van der Waals surface area (Å²) < 4.78 is 0. The molecule has 0 aromatic carbocycles. The SMILES string of the molecule is CC(c1cccnc1)N1CCC[C@H]1C(=O)O. The van der Waals surface area contributed by atoms with Gasteiger partial charge in [0, 0.05) is 18.4 Å². The largest absolute Gasteiger partial charge is 0.480 e. The van der Waals surface area contributed by atoms with Gasteiger partial charge in [-0.3, -0.25) is 14.7 Å². The molecule has 2 rings (SSSR count). The molecule has 1 aliphatic rings. The van der Waals surface area contributed by atoms with Crippen molar-refractivity contribution in [1.82, 2.24) is 9.88 Å². The third-order valence-corrected chi connectivity index (χ3v) is 3.24. The van der Waals surface area contributed by atoms with Crippen LogP contribution in [0.1, 0.15) is 31.4 Å². The lowest BCUT2D eigenvalue weighted by atomic mass is 10.1. The van der Waals surface area contributed by atoms with Gasteiger partial charge in [0.1, 0.15) is 6.04 Å². The van der Waals surface area contributed by atoms with Crippen molar-refractivity contribution in [3.63, 3.8) is 0 Å². The maximum Gasteiger partial charge on any atom is 0.320 e. The quantitative estimate of drug-likeness (QED) is 0.842. The number of aromatic nitrogens is 1. The van der Waals surface area contributed by atoms with Gasteiger partial charge in [0.2, 0.25) is 0 Å². The van der Waals surface area contributed by atoms with Crippen LogP contribution >= 0.6 is 0 Å². The second kappa shape index (κ2) is 4.61. The van der Waals surface area contributed by atoms with Crippen LogP contribution in [0, 0.1) is 0 Å². The molecule has 1 aliphatic heterocycles. The number of rotatable bonds is 3. The Kier molecular flexibility index (Phi) is 3.19. The molecule has 1 fully saturated rings. The zero-order valence-electron chi connectivity index (χ0n) is 9.34. The van der Waals surface area contributed by atoms with Gasteiger partial charge in [-0.25, -0.2) is 0 Å². The summed E-state index contributed by atoms with van der Waals surface area (Å²) in [4.78, 5) is 17.2. The maximum absolute atomic E-state index is 11.1. The normalized spacial score (nSPS) is 23.2. The first-order chi connectivity index (χ1) is 7.70. The molecule has 4 heteroatoms. The van der Waals surface area contributed by atoms with E-state index in [1.807, 2.05) is 30.2 Å². The summed E-state index contributed by atoms with van der Waals surface area (Å²) in [7, 11) is 0. The standard InChI is InChI=1S/C12H16N2O2/c1-9(10-4-2-6-13-8-10)14-7-3-5-11(14)12(15)16/h2,4,6,8-9,11H,3,5,7H2,1H3,(H,15,16)/t9?,11-/m0/s1. The summed E-state index contributed by atoms with van der Waals surface area (Å²) in [5.41, 5.74) is 1.08. The van der Waals surface area contributed by atoms with Gasteiger partial charge in [-0.05, 0) is 37.9 Å². The number of hydrogen-bond donors (Lipinski definition) is 1. The zero-order valence-corrected chi connectivity index (χ0v) is 9.34. The second-order valence-electron chi connectivity index (χ2n) is 4.20. The molecular formula is C12H16N2O2. The lowest BCUT2D eigenvalue weighted by molar-refractivity contribution is -0.142. The number of aliphatic carboxylic acids is 1. The smallest absolute Gasteiger partial charge is 0.320 e. The lowest BCUT2D eigenvalue weighted by Crippen LogP contribution is -2.37. The van der Waals surface area contributed by atoms with Crippen molar-refractivity contribution >= 4 is 5.97 Å². The number of pyridine rings is 1. The van der Waals surface area contributed by atoms with E-state index in [4.69, 9.17) is 5.11 Å². The van der Waals surface area contributed by atoms with E-state index in [9.17, 15) is 4.79 Å². The molecule has 1 aromatic rings. The summed E-state index contributed by atoms with van der Waals surface area (Å²) >= 11 is 0. The van der Waals surface area contributed by atoms with E-state index < -0.39 is 5.97 Å². The first-order valence-corrected chi connectivity index (χ1v) is 5.58. The van der Waals surface area contributed by atoms with Crippen LogP contribution in [0.3, 0.4) is 0 Å². The van der Waals surface area contributed by atoms with Crippen LogP contribution < -0.4 is 0 Å². The summed E-state index contributed by atoms with van der Waals surface area (Å²) in [5, 5.41) is 9.12. The average Bonchev–Trinajstić information content (AvgIpc) is 2.78. The Hall–Kier alpha value is -1.42. The van der Waals surface area contributed by atoms with E-state index in [-0.39, 0.29) is 12.1 Å². The monoisotopic (exact) mass is 220 g/mol. The Morgan fingerprint density at radius 2 is 2.50 bits per heavy atom. The van der Waals surface area contributed by atoms with Gasteiger partial charge >= 0.3 is 5.97 Å². The Bertz CT molecular complexity index is 367. The highest BCUT2D eigenvalue weighted by molar-refractivity contribution is 5.73. The lowest BCUT2D eigenvalue weighted by Gasteiger charge is -2.28. The molecule has 0 amide bonds. The average molecular weight is 220 g/mol. The number of likely N-dealkylation sites (tertiary alicyclic amines) is 1. The minimum absolute atomic E-state index is 0.122. The number of carbonyl (C=O) groups is 1. The number of carboxylic acid groups (broad SMARTS) is 1. The fourth-order valence-electron chi connectivity index (χ4n) is 2.33. The summed E-state index contributed by atoms with van der Waals surface area (Å²) in [5.74, 6) is -0.715.